The smallest absolute Gasteiger partial charge is 0.161 e. The Morgan fingerprint density at radius 3 is 2.53 bits per heavy atom. The van der Waals surface area contributed by atoms with Gasteiger partial charge in [0.25, 0.3) is 0 Å². The van der Waals surface area contributed by atoms with Gasteiger partial charge in [0.05, 0.1) is 0 Å². The van der Waals surface area contributed by atoms with Crippen molar-refractivity contribution >= 4 is 5.82 Å². The van der Waals surface area contributed by atoms with Gasteiger partial charge < -0.3 is 10.2 Å². The molecule has 5 heteroatoms. The van der Waals surface area contributed by atoms with E-state index in [0.29, 0.717) is 5.82 Å². The van der Waals surface area contributed by atoms with Crippen molar-refractivity contribution in [2.75, 3.05) is 31.1 Å². The number of halogens is 1. The standard InChI is InChI=1S/C14H15FN4/c15-12-3-1-11(2-4-12)14-17-6-5-13(18-14)19-9-7-16-8-10-19/h1-6,16H,7-10H2. The molecule has 2 heterocycles. The van der Waals surface area contributed by atoms with E-state index in [1.165, 1.54) is 12.1 Å². The Labute approximate surface area is 111 Å². The zero-order chi connectivity index (χ0) is 13.1. The van der Waals surface area contributed by atoms with E-state index >= 15 is 0 Å². The molecule has 0 aliphatic carbocycles. The predicted molar refractivity (Wildman–Crippen MR) is 72.5 cm³/mol. The van der Waals surface area contributed by atoms with Crippen LogP contribution < -0.4 is 10.2 Å². The molecule has 2 aromatic rings. The molecule has 1 saturated heterocycles. The van der Waals surface area contributed by atoms with Crippen LogP contribution >= 0.6 is 0 Å². The third-order valence-electron chi connectivity index (χ3n) is 3.18. The van der Waals surface area contributed by atoms with Crippen LogP contribution in [0.2, 0.25) is 0 Å². The van der Waals surface area contributed by atoms with Crippen LogP contribution in [0.5, 0.6) is 0 Å². The third kappa shape index (κ3) is 2.71. The van der Waals surface area contributed by atoms with Crippen LogP contribution in [0.4, 0.5) is 10.2 Å². The molecule has 0 spiro atoms. The van der Waals surface area contributed by atoms with Gasteiger partial charge in [-0.1, -0.05) is 0 Å². The molecule has 19 heavy (non-hydrogen) atoms. The summed E-state index contributed by atoms with van der Waals surface area (Å²) in [6.45, 7) is 3.82. The van der Waals surface area contributed by atoms with Crippen LogP contribution in [-0.4, -0.2) is 36.1 Å². The monoisotopic (exact) mass is 258 g/mol. The van der Waals surface area contributed by atoms with Gasteiger partial charge in [-0.15, -0.1) is 0 Å². The van der Waals surface area contributed by atoms with Crippen molar-refractivity contribution in [1.29, 1.82) is 0 Å². The molecule has 1 aromatic carbocycles. The molecule has 0 unspecified atom stereocenters. The number of hydrogen-bond acceptors (Lipinski definition) is 4. The molecule has 1 N–H and O–H groups in total. The van der Waals surface area contributed by atoms with Crippen LogP contribution in [0.1, 0.15) is 0 Å². The lowest BCUT2D eigenvalue weighted by molar-refractivity contribution is 0.585. The Kier molecular flexibility index (Phi) is 3.37. The Hall–Kier alpha value is -2.01. The minimum Gasteiger partial charge on any atom is -0.354 e. The molecule has 0 amide bonds. The topological polar surface area (TPSA) is 41.1 Å². The molecule has 3 rings (SSSR count). The summed E-state index contributed by atoms with van der Waals surface area (Å²) in [5.41, 5.74) is 0.832. The number of nitrogens with zero attached hydrogens (tertiary/aromatic N) is 3. The number of rotatable bonds is 2. The summed E-state index contributed by atoms with van der Waals surface area (Å²) >= 11 is 0. The zero-order valence-electron chi connectivity index (χ0n) is 10.5. The van der Waals surface area contributed by atoms with Gasteiger partial charge in [0, 0.05) is 37.9 Å². The maximum absolute atomic E-state index is 12.9. The second kappa shape index (κ2) is 5.32. The summed E-state index contributed by atoms with van der Waals surface area (Å²) < 4.78 is 12.9. The highest BCUT2D eigenvalue weighted by Crippen LogP contribution is 2.18. The lowest BCUT2D eigenvalue weighted by Crippen LogP contribution is -2.43. The Morgan fingerprint density at radius 1 is 1.05 bits per heavy atom. The lowest BCUT2D eigenvalue weighted by atomic mass is 10.2. The van der Waals surface area contributed by atoms with Gasteiger partial charge in [-0.05, 0) is 30.3 Å². The normalized spacial score (nSPS) is 15.5. The minimum absolute atomic E-state index is 0.248. The molecule has 1 aliphatic heterocycles. The van der Waals surface area contributed by atoms with Crippen molar-refractivity contribution in [3.8, 4) is 11.4 Å². The van der Waals surface area contributed by atoms with E-state index in [1.807, 2.05) is 6.07 Å². The van der Waals surface area contributed by atoms with Crippen molar-refractivity contribution in [2.45, 2.75) is 0 Å². The molecular formula is C14H15FN4. The first kappa shape index (κ1) is 12.0. The van der Waals surface area contributed by atoms with E-state index in [2.05, 4.69) is 20.2 Å². The second-order valence-electron chi connectivity index (χ2n) is 4.48. The third-order valence-corrected chi connectivity index (χ3v) is 3.18. The molecule has 4 nitrogen and oxygen atoms in total. The molecule has 0 radical (unpaired) electrons. The minimum atomic E-state index is -0.248. The highest BCUT2D eigenvalue weighted by Gasteiger charge is 2.12. The summed E-state index contributed by atoms with van der Waals surface area (Å²) in [4.78, 5) is 11.0. The van der Waals surface area contributed by atoms with E-state index < -0.39 is 0 Å². The first-order valence-corrected chi connectivity index (χ1v) is 6.37. The molecule has 98 valence electrons. The number of benzene rings is 1. The van der Waals surface area contributed by atoms with E-state index in [-0.39, 0.29) is 5.82 Å². The quantitative estimate of drug-likeness (QED) is 0.890. The fraction of sp³-hybridized carbons (Fsp3) is 0.286. The van der Waals surface area contributed by atoms with Gasteiger partial charge in [-0.3, -0.25) is 0 Å². The summed E-state index contributed by atoms with van der Waals surface area (Å²) in [7, 11) is 0. The Balaban J connectivity index is 1.88. The van der Waals surface area contributed by atoms with Crippen LogP contribution in [0.15, 0.2) is 36.5 Å². The summed E-state index contributed by atoms with van der Waals surface area (Å²) in [5, 5.41) is 3.31. The molecule has 1 aromatic heterocycles. The highest BCUT2D eigenvalue weighted by atomic mass is 19.1. The van der Waals surface area contributed by atoms with Gasteiger partial charge >= 0.3 is 0 Å². The predicted octanol–water partition coefficient (Wildman–Crippen LogP) is 1.69. The van der Waals surface area contributed by atoms with Crippen molar-refractivity contribution < 1.29 is 4.39 Å². The summed E-state index contributed by atoms with van der Waals surface area (Å²) in [6, 6.07) is 8.17. The first-order valence-electron chi connectivity index (χ1n) is 6.37. The van der Waals surface area contributed by atoms with Crippen LogP contribution in [0.25, 0.3) is 11.4 Å². The van der Waals surface area contributed by atoms with Gasteiger partial charge in [-0.2, -0.15) is 0 Å². The SMILES string of the molecule is Fc1ccc(-c2nccc(N3CCNCC3)n2)cc1. The van der Waals surface area contributed by atoms with Crippen molar-refractivity contribution in [2.24, 2.45) is 0 Å². The first-order chi connectivity index (χ1) is 9.33. The van der Waals surface area contributed by atoms with Gasteiger partial charge in [0.15, 0.2) is 5.82 Å². The molecule has 0 saturated carbocycles. The largest absolute Gasteiger partial charge is 0.354 e. The molecule has 0 atom stereocenters. The van der Waals surface area contributed by atoms with E-state index in [9.17, 15) is 4.39 Å². The van der Waals surface area contributed by atoms with E-state index in [4.69, 9.17) is 0 Å². The van der Waals surface area contributed by atoms with Gasteiger partial charge in [0.2, 0.25) is 0 Å². The lowest BCUT2D eigenvalue weighted by Gasteiger charge is -2.28. The number of piperazine rings is 1. The molecular weight excluding hydrogens is 243 g/mol. The van der Waals surface area contributed by atoms with Crippen molar-refractivity contribution in [3.63, 3.8) is 0 Å². The number of aromatic nitrogens is 2. The van der Waals surface area contributed by atoms with E-state index in [0.717, 1.165) is 37.6 Å². The van der Waals surface area contributed by atoms with Crippen molar-refractivity contribution in [1.82, 2.24) is 15.3 Å². The number of hydrogen-bond donors (Lipinski definition) is 1. The van der Waals surface area contributed by atoms with Crippen LogP contribution in [0, 0.1) is 5.82 Å². The van der Waals surface area contributed by atoms with Crippen molar-refractivity contribution in [3.05, 3.63) is 42.3 Å². The molecule has 1 fully saturated rings. The fourth-order valence-electron chi connectivity index (χ4n) is 2.16. The summed E-state index contributed by atoms with van der Waals surface area (Å²) in [5.74, 6) is 1.31. The second-order valence-corrected chi connectivity index (χ2v) is 4.48. The average molecular weight is 258 g/mol. The number of anilines is 1. The van der Waals surface area contributed by atoms with Crippen LogP contribution in [-0.2, 0) is 0 Å². The van der Waals surface area contributed by atoms with Crippen LogP contribution in [0.3, 0.4) is 0 Å². The molecule has 1 aliphatic rings. The summed E-state index contributed by atoms with van der Waals surface area (Å²) in [6.07, 6.45) is 1.75. The Bertz CT molecular complexity index is 550. The number of nitrogens with one attached hydrogen (secondary N) is 1. The fourth-order valence-corrected chi connectivity index (χ4v) is 2.16. The van der Waals surface area contributed by atoms with Gasteiger partial charge in [0.1, 0.15) is 11.6 Å². The Morgan fingerprint density at radius 2 is 1.79 bits per heavy atom. The zero-order valence-corrected chi connectivity index (χ0v) is 10.5. The highest BCUT2D eigenvalue weighted by molar-refractivity contribution is 5.57. The maximum atomic E-state index is 12.9. The van der Waals surface area contributed by atoms with E-state index in [1.54, 1.807) is 18.3 Å². The maximum Gasteiger partial charge on any atom is 0.161 e. The average Bonchev–Trinajstić information content (AvgIpc) is 2.49. The van der Waals surface area contributed by atoms with Gasteiger partial charge in [-0.25, -0.2) is 14.4 Å². The molecule has 0 bridgehead atoms.